The average Bonchev–Trinajstić information content (AvgIpc) is 2.54. The van der Waals surface area contributed by atoms with Crippen LogP contribution in [0.3, 0.4) is 0 Å². The Morgan fingerprint density at radius 2 is 1.62 bits per heavy atom. The van der Waals surface area contributed by atoms with Crippen LogP contribution in [0.4, 0.5) is 14.5 Å². The van der Waals surface area contributed by atoms with Crippen LogP contribution in [0.15, 0.2) is 41.3 Å². The molecule has 0 heterocycles. The zero-order chi connectivity index (χ0) is 19.5. The molecule has 0 aliphatic heterocycles. The smallest absolute Gasteiger partial charge is 0.255 e. The van der Waals surface area contributed by atoms with Crippen molar-refractivity contribution in [1.82, 2.24) is 4.31 Å². The highest BCUT2D eigenvalue weighted by molar-refractivity contribution is 7.89. The molecule has 0 unspecified atom stereocenters. The summed E-state index contributed by atoms with van der Waals surface area (Å²) in [5.74, 6) is -2.31. The van der Waals surface area contributed by atoms with Crippen molar-refractivity contribution < 1.29 is 22.0 Å². The van der Waals surface area contributed by atoms with Crippen LogP contribution < -0.4 is 5.32 Å². The van der Waals surface area contributed by atoms with Gasteiger partial charge < -0.3 is 5.32 Å². The Labute approximate surface area is 151 Å². The Morgan fingerprint density at radius 1 is 1.04 bits per heavy atom. The number of rotatable bonds is 6. The van der Waals surface area contributed by atoms with Crippen molar-refractivity contribution in [3.05, 3.63) is 59.2 Å². The molecule has 0 saturated heterocycles. The third-order valence-corrected chi connectivity index (χ3v) is 6.09. The molecule has 0 saturated carbocycles. The zero-order valence-corrected chi connectivity index (χ0v) is 15.5. The average molecular weight is 382 g/mol. The minimum absolute atomic E-state index is 0.0271. The van der Waals surface area contributed by atoms with E-state index in [1.807, 2.05) is 0 Å². The summed E-state index contributed by atoms with van der Waals surface area (Å²) in [5, 5.41) is 2.37. The molecule has 0 aromatic heterocycles. The standard InChI is InChI=1S/C18H20F2N2O3S/c1-4-22(5-2)26(24,25)17-8-13(7-6-12(17)3)18(23)21-16-10-14(19)9-15(20)11-16/h6-11H,4-5H2,1-3H3,(H,21,23). The highest BCUT2D eigenvalue weighted by Crippen LogP contribution is 2.22. The van der Waals surface area contributed by atoms with Crippen molar-refractivity contribution >= 4 is 21.6 Å². The second-order valence-corrected chi connectivity index (χ2v) is 7.59. The van der Waals surface area contributed by atoms with E-state index in [0.717, 1.165) is 12.1 Å². The molecule has 1 amide bonds. The lowest BCUT2D eigenvalue weighted by Crippen LogP contribution is -2.31. The van der Waals surface area contributed by atoms with E-state index >= 15 is 0 Å². The molecule has 0 spiro atoms. The van der Waals surface area contributed by atoms with Gasteiger partial charge in [0.05, 0.1) is 4.90 Å². The number of hydrogen-bond donors (Lipinski definition) is 1. The van der Waals surface area contributed by atoms with Crippen molar-refractivity contribution in [3.63, 3.8) is 0 Å². The quantitative estimate of drug-likeness (QED) is 0.831. The second kappa shape index (κ2) is 7.92. The Balaban J connectivity index is 2.38. The first-order chi connectivity index (χ1) is 12.2. The topological polar surface area (TPSA) is 66.5 Å². The molecule has 0 atom stereocenters. The van der Waals surface area contributed by atoms with Crippen molar-refractivity contribution in [1.29, 1.82) is 0 Å². The number of carbonyl (C=O) groups is 1. The summed E-state index contributed by atoms with van der Waals surface area (Å²) in [6.07, 6.45) is 0. The largest absolute Gasteiger partial charge is 0.322 e. The third kappa shape index (κ3) is 4.25. The predicted molar refractivity (Wildman–Crippen MR) is 95.6 cm³/mol. The van der Waals surface area contributed by atoms with Gasteiger partial charge in [-0.25, -0.2) is 17.2 Å². The molecule has 1 N–H and O–H groups in total. The number of halogens is 2. The third-order valence-electron chi connectivity index (χ3n) is 3.89. The number of hydrogen-bond acceptors (Lipinski definition) is 3. The molecule has 0 fully saturated rings. The van der Waals surface area contributed by atoms with Crippen LogP contribution in [0.5, 0.6) is 0 Å². The van der Waals surface area contributed by atoms with Crippen LogP contribution >= 0.6 is 0 Å². The van der Waals surface area contributed by atoms with Gasteiger partial charge in [0.2, 0.25) is 10.0 Å². The van der Waals surface area contributed by atoms with Crippen LogP contribution in [-0.4, -0.2) is 31.7 Å². The highest BCUT2D eigenvalue weighted by Gasteiger charge is 2.24. The Hall–Kier alpha value is -2.32. The number of nitrogens with one attached hydrogen (secondary N) is 1. The van der Waals surface area contributed by atoms with Crippen molar-refractivity contribution in [2.45, 2.75) is 25.7 Å². The van der Waals surface area contributed by atoms with E-state index in [-0.39, 0.29) is 16.1 Å². The predicted octanol–water partition coefficient (Wildman–Crippen LogP) is 3.56. The monoisotopic (exact) mass is 382 g/mol. The minimum Gasteiger partial charge on any atom is -0.322 e. The van der Waals surface area contributed by atoms with Crippen LogP contribution in [0.1, 0.15) is 29.8 Å². The minimum atomic E-state index is -3.74. The molecule has 5 nitrogen and oxygen atoms in total. The normalized spacial score (nSPS) is 11.6. The van der Waals surface area contributed by atoms with Gasteiger partial charge in [0.25, 0.3) is 5.91 Å². The van der Waals surface area contributed by atoms with Crippen LogP contribution in [0.25, 0.3) is 0 Å². The fourth-order valence-electron chi connectivity index (χ4n) is 2.55. The van der Waals surface area contributed by atoms with Crippen LogP contribution in [-0.2, 0) is 10.0 Å². The first kappa shape index (κ1) is 20.0. The Kier molecular flexibility index (Phi) is 6.09. The molecule has 0 radical (unpaired) electrons. The van der Waals surface area contributed by atoms with Gasteiger partial charge in [-0.3, -0.25) is 4.79 Å². The zero-order valence-electron chi connectivity index (χ0n) is 14.7. The van der Waals surface area contributed by atoms with E-state index in [4.69, 9.17) is 0 Å². The van der Waals surface area contributed by atoms with Gasteiger partial charge in [-0.15, -0.1) is 0 Å². The maximum Gasteiger partial charge on any atom is 0.255 e. The van der Waals surface area contributed by atoms with Gasteiger partial charge in [-0.05, 0) is 36.8 Å². The van der Waals surface area contributed by atoms with Gasteiger partial charge in [0.1, 0.15) is 11.6 Å². The molecule has 26 heavy (non-hydrogen) atoms. The van der Waals surface area contributed by atoms with E-state index in [0.29, 0.717) is 24.7 Å². The van der Waals surface area contributed by atoms with Gasteiger partial charge in [0.15, 0.2) is 0 Å². The van der Waals surface area contributed by atoms with Gasteiger partial charge in [-0.2, -0.15) is 4.31 Å². The number of aryl methyl sites for hydroxylation is 1. The first-order valence-corrected chi connectivity index (χ1v) is 9.51. The van der Waals surface area contributed by atoms with E-state index in [1.54, 1.807) is 20.8 Å². The summed E-state index contributed by atoms with van der Waals surface area (Å²) in [5.41, 5.74) is 0.525. The lowest BCUT2D eigenvalue weighted by molar-refractivity contribution is 0.102. The van der Waals surface area contributed by atoms with Crippen molar-refractivity contribution in [2.75, 3.05) is 18.4 Å². The van der Waals surface area contributed by atoms with Gasteiger partial charge in [0, 0.05) is 30.4 Å². The number of amides is 1. The highest BCUT2D eigenvalue weighted by atomic mass is 32.2. The summed E-state index contributed by atoms with van der Waals surface area (Å²) < 4.78 is 53.2. The number of sulfonamides is 1. The maximum absolute atomic E-state index is 13.2. The fraction of sp³-hybridized carbons (Fsp3) is 0.278. The summed E-state index contributed by atoms with van der Waals surface area (Å²) in [6, 6.07) is 6.90. The van der Waals surface area contributed by atoms with Gasteiger partial charge in [-0.1, -0.05) is 19.9 Å². The van der Waals surface area contributed by atoms with Crippen molar-refractivity contribution in [3.8, 4) is 0 Å². The lowest BCUT2D eigenvalue weighted by atomic mass is 10.1. The maximum atomic E-state index is 13.2. The van der Waals surface area contributed by atoms with Gasteiger partial charge >= 0.3 is 0 Å². The molecule has 0 aliphatic carbocycles. The van der Waals surface area contributed by atoms with E-state index < -0.39 is 27.6 Å². The fourth-order valence-corrected chi connectivity index (χ4v) is 4.26. The van der Waals surface area contributed by atoms with E-state index in [9.17, 15) is 22.0 Å². The summed E-state index contributed by atoms with van der Waals surface area (Å²) >= 11 is 0. The summed E-state index contributed by atoms with van der Waals surface area (Å²) in [4.78, 5) is 12.4. The molecule has 2 aromatic carbocycles. The SMILES string of the molecule is CCN(CC)S(=O)(=O)c1cc(C(=O)Nc2cc(F)cc(F)c2)ccc1C. The molecule has 0 aliphatic rings. The van der Waals surface area contributed by atoms with E-state index in [1.165, 1.54) is 22.5 Å². The first-order valence-electron chi connectivity index (χ1n) is 8.07. The molecule has 0 bridgehead atoms. The number of benzene rings is 2. The summed E-state index contributed by atoms with van der Waals surface area (Å²) in [7, 11) is -3.74. The second-order valence-electron chi connectivity index (χ2n) is 5.68. The van der Waals surface area contributed by atoms with Crippen LogP contribution in [0, 0.1) is 18.6 Å². The van der Waals surface area contributed by atoms with E-state index in [2.05, 4.69) is 5.32 Å². The number of anilines is 1. The Bertz CT molecular complexity index is 906. The number of nitrogens with zero attached hydrogens (tertiary/aromatic N) is 1. The molecule has 2 aromatic rings. The lowest BCUT2D eigenvalue weighted by Gasteiger charge is -2.20. The molecule has 140 valence electrons. The molecular weight excluding hydrogens is 362 g/mol. The van der Waals surface area contributed by atoms with Crippen molar-refractivity contribution in [2.24, 2.45) is 0 Å². The number of carbonyl (C=O) groups excluding carboxylic acids is 1. The van der Waals surface area contributed by atoms with Crippen LogP contribution in [0.2, 0.25) is 0 Å². The summed E-state index contributed by atoms with van der Waals surface area (Å²) in [6.45, 7) is 5.70. The molecule has 8 heteroatoms. The molecular formula is C18H20F2N2O3S. The Morgan fingerprint density at radius 3 is 2.15 bits per heavy atom. The molecule has 2 rings (SSSR count).